The average Bonchev–Trinajstić information content (AvgIpc) is 3.02. The van der Waals surface area contributed by atoms with E-state index in [-0.39, 0.29) is 28.3 Å². The minimum atomic E-state index is -4.49. The van der Waals surface area contributed by atoms with Gasteiger partial charge in [0.05, 0.1) is 23.7 Å². The van der Waals surface area contributed by atoms with Crippen molar-refractivity contribution in [3.05, 3.63) is 65.1 Å². The van der Waals surface area contributed by atoms with Gasteiger partial charge in [-0.3, -0.25) is 9.20 Å². The van der Waals surface area contributed by atoms with Gasteiger partial charge in [-0.2, -0.15) is 13.2 Å². The van der Waals surface area contributed by atoms with Crippen molar-refractivity contribution in [1.82, 2.24) is 14.7 Å². The second-order valence-corrected chi connectivity index (χ2v) is 6.83. The number of alkyl halides is 3. The maximum atomic E-state index is 13.8. The molecule has 3 aromatic rings. The van der Waals surface area contributed by atoms with Crippen molar-refractivity contribution < 1.29 is 31.5 Å². The van der Waals surface area contributed by atoms with Crippen molar-refractivity contribution in [2.45, 2.75) is 32.2 Å². The van der Waals surface area contributed by atoms with E-state index in [0.717, 1.165) is 12.1 Å². The summed E-state index contributed by atoms with van der Waals surface area (Å²) in [5, 5.41) is 2.27. The van der Waals surface area contributed by atoms with Crippen LogP contribution in [0.3, 0.4) is 0 Å². The number of benzene rings is 1. The molecule has 11 heteroatoms. The quantitative estimate of drug-likeness (QED) is 0.549. The molecule has 0 aliphatic carbocycles. The Kier molecular flexibility index (Phi) is 6.44. The maximum absolute atomic E-state index is 13.8. The molecule has 2 aromatic heterocycles. The number of rotatable bonds is 7. The van der Waals surface area contributed by atoms with Gasteiger partial charge in [-0.25, -0.2) is 13.8 Å². The standard InChI is InChI=1S/C20H19F5N4O2/c1-11-17(19(30)28-12(9-26)8-20(23,24)25)29-7-3-6-16(18(29)27-11)31-10-13-14(21)4-2-5-15(13)22/h2-7,12H,8-10,26H2,1H3,(H,28,30). The summed E-state index contributed by atoms with van der Waals surface area (Å²) < 4.78 is 72.5. The van der Waals surface area contributed by atoms with Gasteiger partial charge < -0.3 is 15.8 Å². The van der Waals surface area contributed by atoms with Crippen molar-refractivity contribution in [2.24, 2.45) is 5.73 Å². The molecule has 0 bridgehead atoms. The third-order valence-electron chi connectivity index (χ3n) is 4.53. The number of hydrogen-bond acceptors (Lipinski definition) is 4. The van der Waals surface area contributed by atoms with Gasteiger partial charge in [0.1, 0.15) is 23.9 Å². The Morgan fingerprint density at radius 2 is 1.90 bits per heavy atom. The predicted molar refractivity (Wildman–Crippen MR) is 102 cm³/mol. The lowest BCUT2D eigenvalue weighted by Gasteiger charge is -2.18. The molecule has 1 unspecified atom stereocenters. The highest BCUT2D eigenvalue weighted by Crippen LogP contribution is 2.25. The molecule has 0 aliphatic heterocycles. The number of nitrogens with zero attached hydrogens (tertiary/aromatic N) is 2. The van der Waals surface area contributed by atoms with Crippen LogP contribution in [0.5, 0.6) is 5.75 Å². The molecular weight excluding hydrogens is 423 g/mol. The zero-order chi connectivity index (χ0) is 22.8. The van der Waals surface area contributed by atoms with E-state index < -0.39 is 49.3 Å². The van der Waals surface area contributed by atoms with E-state index in [9.17, 15) is 26.7 Å². The molecule has 0 radical (unpaired) electrons. The van der Waals surface area contributed by atoms with Gasteiger partial charge in [0.15, 0.2) is 11.4 Å². The molecule has 1 aromatic carbocycles. The molecule has 1 amide bonds. The number of carbonyl (C=O) groups excluding carboxylic acids is 1. The number of amides is 1. The minimum Gasteiger partial charge on any atom is -0.485 e. The van der Waals surface area contributed by atoms with Crippen LogP contribution in [0.15, 0.2) is 36.5 Å². The lowest BCUT2D eigenvalue weighted by Crippen LogP contribution is -2.43. The first-order chi connectivity index (χ1) is 14.6. The number of aryl methyl sites for hydroxylation is 1. The Labute approximate surface area is 173 Å². The highest BCUT2D eigenvalue weighted by molar-refractivity contribution is 5.95. The first-order valence-electron chi connectivity index (χ1n) is 9.21. The second-order valence-electron chi connectivity index (χ2n) is 6.83. The van der Waals surface area contributed by atoms with Crippen molar-refractivity contribution >= 4 is 11.6 Å². The van der Waals surface area contributed by atoms with Crippen molar-refractivity contribution in [1.29, 1.82) is 0 Å². The number of nitrogens with two attached hydrogens (primary N) is 1. The summed E-state index contributed by atoms with van der Waals surface area (Å²) in [5.41, 5.74) is 5.48. The third-order valence-corrected chi connectivity index (χ3v) is 4.53. The third kappa shape index (κ3) is 5.10. The van der Waals surface area contributed by atoms with E-state index in [0.29, 0.717) is 0 Å². The molecule has 6 nitrogen and oxygen atoms in total. The SMILES string of the molecule is Cc1nc2c(OCc3c(F)cccc3F)cccn2c1C(=O)NC(CN)CC(F)(F)F. The monoisotopic (exact) mass is 442 g/mol. The van der Waals surface area contributed by atoms with Crippen LogP contribution in [0, 0.1) is 18.6 Å². The van der Waals surface area contributed by atoms with Crippen LogP contribution >= 0.6 is 0 Å². The number of nitrogens with one attached hydrogen (secondary N) is 1. The Bertz CT molecular complexity index is 1080. The van der Waals surface area contributed by atoms with Crippen LogP contribution in [0.2, 0.25) is 0 Å². The Hall–Kier alpha value is -3.21. The molecule has 0 saturated carbocycles. The van der Waals surface area contributed by atoms with Crippen LogP contribution < -0.4 is 15.8 Å². The van der Waals surface area contributed by atoms with Crippen LogP contribution in [0.4, 0.5) is 22.0 Å². The molecule has 3 N–H and O–H groups in total. The van der Waals surface area contributed by atoms with Crippen LogP contribution in [-0.4, -0.2) is 34.1 Å². The van der Waals surface area contributed by atoms with E-state index in [2.05, 4.69) is 10.3 Å². The van der Waals surface area contributed by atoms with Crippen LogP contribution in [0.25, 0.3) is 5.65 Å². The van der Waals surface area contributed by atoms with E-state index in [1.165, 1.54) is 35.7 Å². The van der Waals surface area contributed by atoms with Crippen molar-refractivity contribution in [2.75, 3.05) is 6.54 Å². The smallest absolute Gasteiger partial charge is 0.391 e. The average molecular weight is 442 g/mol. The van der Waals surface area contributed by atoms with E-state index in [4.69, 9.17) is 10.5 Å². The first kappa shape index (κ1) is 22.5. The van der Waals surface area contributed by atoms with Gasteiger partial charge in [0.2, 0.25) is 0 Å². The fourth-order valence-electron chi connectivity index (χ4n) is 3.09. The summed E-state index contributed by atoms with van der Waals surface area (Å²) in [7, 11) is 0. The van der Waals surface area contributed by atoms with Gasteiger partial charge in [-0.05, 0) is 31.2 Å². The number of carbonyl (C=O) groups is 1. The van der Waals surface area contributed by atoms with Gasteiger partial charge in [-0.15, -0.1) is 0 Å². The molecule has 0 saturated heterocycles. The number of halogens is 5. The van der Waals surface area contributed by atoms with Gasteiger partial charge in [-0.1, -0.05) is 6.07 Å². The molecule has 3 rings (SSSR count). The topological polar surface area (TPSA) is 81.7 Å². The summed E-state index contributed by atoms with van der Waals surface area (Å²) >= 11 is 0. The Morgan fingerprint density at radius 1 is 1.23 bits per heavy atom. The summed E-state index contributed by atoms with van der Waals surface area (Å²) in [6.45, 7) is 0.680. The normalized spacial score (nSPS) is 12.7. The van der Waals surface area contributed by atoms with Crippen molar-refractivity contribution in [3.63, 3.8) is 0 Å². The van der Waals surface area contributed by atoms with E-state index >= 15 is 0 Å². The molecule has 31 heavy (non-hydrogen) atoms. The molecule has 0 aliphatic rings. The Balaban J connectivity index is 1.87. The summed E-state index contributed by atoms with van der Waals surface area (Å²) in [5.74, 6) is -2.20. The van der Waals surface area contributed by atoms with Gasteiger partial charge >= 0.3 is 6.18 Å². The van der Waals surface area contributed by atoms with E-state index in [1.807, 2.05) is 0 Å². The lowest BCUT2D eigenvalue weighted by atomic mass is 10.2. The van der Waals surface area contributed by atoms with E-state index in [1.54, 1.807) is 0 Å². The molecule has 0 fully saturated rings. The molecule has 2 heterocycles. The predicted octanol–water partition coefficient (Wildman–Crippen LogP) is 3.51. The Morgan fingerprint density at radius 3 is 2.52 bits per heavy atom. The molecule has 1 atom stereocenters. The van der Waals surface area contributed by atoms with Crippen LogP contribution in [-0.2, 0) is 6.61 Å². The molecule has 166 valence electrons. The largest absolute Gasteiger partial charge is 0.485 e. The first-order valence-corrected chi connectivity index (χ1v) is 9.21. The fraction of sp³-hybridized carbons (Fsp3) is 0.300. The van der Waals surface area contributed by atoms with Gasteiger partial charge in [0.25, 0.3) is 5.91 Å². The van der Waals surface area contributed by atoms with Gasteiger partial charge in [0, 0.05) is 12.7 Å². The summed E-state index contributed by atoms with van der Waals surface area (Å²) in [4.78, 5) is 16.9. The number of fused-ring (bicyclic) bond motifs is 1. The summed E-state index contributed by atoms with van der Waals surface area (Å²) in [6.07, 6.45) is -4.29. The maximum Gasteiger partial charge on any atom is 0.391 e. The second kappa shape index (κ2) is 8.88. The molecular formula is C20H19F5N4O2. The molecule has 0 spiro atoms. The number of imidazole rings is 1. The minimum absolute atomic E-state index is 0.00172. The lowest BCUT2D eigenvalue weighted by molar-refractivity contribution is -0.138. The summed E-state index contributed by atoms with van der Waals surface area (Å²) in [6, 6.07) is 5.12. The number of ether oxygens (including phenoxy) is 1. The zero-order valence-electron chi connectivity index (χ0n) is 16.3. The fourth-order valence-corrected chi connectivity index (χ4v) is 3.09. The number of pyridine rings is 1. The van der Waals surface area contributed by atoms with Crippen molar-refractivity contribution in [3.8, 4) is 5.75 Å². The number of hydrogen-bond donors (Lipinski definition) is 2. The highest BCUT2D eigenvalue weighted by Gasteiger charge is 2.33. The zero-order valence-corrected chi connectivity index (χ0v) is 16.3. The highest BCUT2D eigenvalue weighted by atomic mass is 19.4. The van der Waals surface area contributed by atoms with Crippen LogP contribution in [0.1, 0.15) is 28.2 Å². The number of aromatic nitrogens is 2.